The van der Waals surface area contributed by atoms with E-state index in [1.165, 1.54) is 4.57 Å². The first-order valence-corrected chi connectivity index (χ1v) is 7.33. The molecule has 2 fully saturated rings. The first kappa shape index (κ1) is 12.7. The molecule has 0 bridgehead atoms. The zero-order valence-electron chi connectivity index (χ0n) is 11.7. The maximum absolute atomic E-state index is 12.6. The Morgan fingerprint density at radius 1 is 1.10 bits per heavy atom. The highest BCUT2D eigenvalue weighted by atomic mass is 16.2. The molecule has 0 amide bonds. The fraction of sp³-hybridized carbons (Fsp3) is 0.615. The monoisotopic (exact) mass is 285 g/mol. The molecule has 2 N–H and O–H groups in total. The molecule has 2 aliphatic carbocycles. The number of anilines is 1. The number of imidazole rings is 1. The molecule has 0 atom stereocenters. The third kappa shape index (κ3) is 2.00. The SMILES string of the molecule is [B]n1c(N)nc2c1c(=O)n(CC1CC1)c(=O)n2CC1CC1. The van der Waals surface area contributed by atoms with Gasteiger partial charge in [-0.3, -0.25) is 13.9 Å². The van der Waals surface area contributed by atoms with Crippen LogP contribution in [0.3, 0.4) is 0 Å². The van der Waals surface area contributed by atoms with Crippen LogP contribution in [-0.4, -0.2) is 26.6 Å². The number of hydrogen-bond donors (Lipinski definition) is 1. The summed E-state index contributed by atoms with van der Waals surface area (Å²) in [6.07, 6.45) is 4.34. The quantitative estimate of drug-likeness (QED) is 0.781. The van der Waals surface area contributed by atoms with E-state index in [-0.39, 0.29) is 22.7 Å². The molecular weight excluding hydrogens is 269 g/mol. The summed E-state index contributed by atoms with van der Waals surface area (Å²) >= 11 is 0. The molecule has 2 aliphatic rings. The lowest BCUT2D eigenvalue weighted by Crippen LogP contribution is -2.41. The number of nitrogens with two attached hydrogens (primary N) is 1. The number of nitrogens with zero attached hydrogens (tertiary/aromatic N) is 4. The van der Waals surface area contributed by atoms with Gasteiger partial charge in [-0.2, -0.15) is 4.98 Å². The van der Waals surface area contributed by atoms with Gasteiger partial charge in [-0.15, -0.1) is 0 Å². The number of fused-ring (bicyclic) bond motifs is 1. The van der Waals surface area contributed by atoms with Gasteiger partial charge in [0.05, 0.1) is 0 Å². The lowest BCUT2D eigenvalue weighted by molar-refractivity contribution is 0.520. The molecule has 0 saturated heterocycles. The Labute approximate surface area is 121 Å². The van der Waals surface area contributed by atoms with Crippen molar-refractivity contribution in [3.8, 4) is 0 Å². The second-order valence-corrected chi connectivity index (χ2v) is 6.21. The summed E-state index contributed by atoms with van der Waals surface area (Å²) in [6, 6.07) is 0. The van der Waals surface area contributed by atoms with Crippen molar-refractivity contribution in [2.75, 3.05) is 5.73 Å². The van der Waals surface area contributed by atoms with Gasteiger partial charge >= 0.3 is 5.69 Å². The zero-order valence-corrected chi connectivity index (χ0v) is 11.7. The van der Waals surface area contributed by atoms with Crippen molar-refractivity contribution in [3.63, 3.8) is 0 Å². The van der Waals surface area contributed by atoms with Crippen LogP contribution in [0.5, 0.6) is 0 Å². The largest absolute Gasteiger partial charge is 0.370 e. The summed E-state index contributed by atoms with van der Waals surface area (Å²) < 4.78 is 3.95. The highest BCUT2D eigenvalue weighted by Gasteiger charge is 2.28. The Bertz CT molecular complexity index is 841. The van der Waals surface area contributed by atoms with Crippen molar-refractivity contribution in [1.82, 2.24) is 18.6 Å². The van der Waals surface area contributed by atoms with Crippen molar-refractivity contribution in [1.29, 1.82) is 0 Å². The Morgan fingerprint density at radius 2 is 1.67 bits per heavy atom. The Balaban J connectivity index is 2.00. The molecule has 108 valence electrons. The van der Waals surface area contributed by atoms with Gasteiger partial charge in [0.1, 0.15) is 5.52 Å². The third-order valence-electron chi connectivity index (χ3n) is 4.36. The van der Waals surface area contributed by atoms with E-state index in [0.29, 0.717) is 30.6 Å². The molecule has 8 heteroatoms. The van der Waals surface area contributed by atoms with E-state index in [9.17, 15) is 9.59 Å². The minimum absolute atomic E-state index is 0.0511. The van der Waals surface area contributed by atoms with E-state index in [1.807, 2.05) is 0 Å². The zero-order chi connectivity index (χ0) is 14.7. The molecule has 0 aromatic carbocycles. The lowest BCUT2D eigenvalue weighted by atomic mass is 10.3. The van der Waals surface area contributed by atoms with E-state index in [4.69, 9.17) is 13.7 Å². The summed E-state index contributed by atoms with van der Waals surface area (Å²) in [6.45, 7) is 1.04. The Morgan fingerprint density at radius 3 is 2.24 bits per heavy atom. The van der Waals surface area contributed by atoms with Crippen LogP contribution < -0.4 is 17.0 Å². The van der Waals surface area contributed by atoms with Gasteiger partial charge in [0.2, 0.25) is 7.98 Å². The molecule has 0 unspecified atom stereocenters. The molecular formula is C13H16BN5O2. The Kier molecular flexibility index (Phi) is 2.58. The molecule has 7 nitrogen and oxygen atoms in total. The summed E-state index contributed by atoms with van der Waals surface area (Å²) in [7, 11) is 5.82. The number of aromatic nitrogens is 4. The van der Waals surface area contributed by atoms with Crippen molar-refractivity contribution >= 4 is 25.1 Å². The molecule has 2 aromatic heterocycles. The first-order valence-electron chi connectivity index (χ1n) is 7.33. The van der Waals surface area contributed by atoms with Crippen LogP contribution in [0, 0.1) is 11.8 Å². The van der Waals surface area contributed by atoms with Crippen molar-refractivity contribution < 1.29 is 0 Å². The molecule has 21 heavy (non-hydrogen) atoms. The third-order valence-corrected chi connectivity index (χ3v) is 4.36. The molecule has 0 spiro atoms. The average molecular weight is 285 g/mol. The highest BCUT2D eigenvalue weighted by Crippen LogP contribution is 2.31. The number of rotatable bonds is 4. The minimum Gasteiger partial charge on any atom is -0.370 e. The molecule has 2 radical (unpaired) electrons. The van der Waals surface area contributed by atoms with E-state index < -0.39 is 0 Å². The van der Waals surface area contributed by atoms with Crippen LogP contribution in [0.2, 0.25) is 0 Å². The van der Waals surface area contributed by atoms with Gasteiger partial charge in [0, 0.05) is 13.1 Å². The van der Waals surface area contributed by atoms with Crippen LogP contribution in [0.4, 0.5) is 5.95 Å². The number of nitrogen functional groups attached to an aromatic ring is 1. The fourth-order valence-corrected chi connectivity index (χ4v) is 2.72. The van der Waals surface area contributed by atoms with Crippen molar-refractivity contribution in [2.45, 2.75) is 38.8 Å². The normalized spacial score (nSPS) is 18.5. The van der Waals surface area contributed by atoms with E-state index in [0.717, 1.165) is 30.2 Å². The second kappa shape index (κ2) is 4.25. The van der Waals surface area contributed by atoms with Gasteiger partial charge < -0.3 is 10.2 Å². The van der Waals surface area contributed by atoms with Crippen LogP contribution in [0.25, 0.3) is 11.2 Å². The maximum Gasteiger partial charge on any atom is 0.332 e. The van der Waals surface area contributed by atoms with E-state index >= 15 is 0 Å². The molecule has 2 heterocycles. The topological polar surface area (TPSA) is 87.8 Å². The first-order chi connectivity index (χ1) is 10.1. The highest BCUT2D eigenvalue weighted by molar-refractivity contribution is 6.12. The van der Waals surface area contributed by atoms with Crippen LogP contribution in [0.15, 0.2) is 9.59 Å². The standard InChI is InChI=1S/C13H16BN5O2/c14-19-9-10(16-12(19)15)17(5-7-1-2-7)13(21)18(11(9)20)6-8-3-4-8/h7-8H,1-6H2,(H2,15,16). The van der Waals surface area contributed by atoms with Crippen molar-refractivity contribution in [3.05, 3.63) is 20.8 Å². The lowest BCUT2D eigenvalue weighted by Gasteiger charge is -2.11. The summed E-state index contributed by atoms with van der Waals surface area (Å²) in [4.78, 5) is 29.3. The van der Waals surface area contributed by atoms with Gasteiger partial charge in [0.25, 0.3) is 5.56 Å². The minimum atomic E-state index is -0.388. The van der Waals surface area contributed by atoms with Gasteiger partial charge in [-0.1, -0.05) is 0 Å². The summed E-state index contributed by atoms with van der Waals surface area (Å²) in [5.41, 5.74) is 5.56. The summed E-state index contributed by atoms with van der Waals surface area (Å²) in [5.74, 6) is 0.964. The molecule has 2 aromatic rings. The van der Waals surface area contributed by atoms with E-state index in [1.54, 1.807) is 4.57 Å². The Hall–Kier alpha value is -1.99. The van der Waals surface area contributed by atoms with Gasteiger partial charge in [-0.05, 0) is 37.5 Å². The van der Waals surface area contributed by atoms with Gasteiger partial charge in [-0.25, -0.2) is 4.79 Å². The van der Waals surface area contributed by atoms with Crippen LogP contribution in [-0.2, 0) is 13.1 Å². The molecule has 4 rings (SSSR count). The van der Waals surface area contributed by atoms with Crippen LogP contribution in [0.1, 0.15) is 25.7 Å². The van der Waals surface area contributed by atoms with Gasteiger partial charge in [0.15, 0.2) is 11.6 Å². The molecule has 2 saturated carbocycles. The van der Waals surface area contributed by atoms with E-state index in [2.05, 4.69) is 4.98 Å². The maximum atomic E-state index is 12.6. The number of hydrogen-bond acceptors (Lipinski definition) is 4. The predicted octanol–water partition coefficient (Wildman–Crippen LogP) is -0.307. The summed E-state index contributed by atoms with van der Waals surface area (Å²) in [5, 5.41) is 0. The average Bonchev–Trinajstić information content (AvgIpc) is 3.34. The van der Waals surface area contributed by atoms with Crippen LogP contribution >= 0.6 is 0 Å². The predicted molar refractivity (Wildman–Crippen MR) is 79.3 cm³/mol. The van der Waals surface area contributed by atoms with Crippen molar-refractivity contribution in [2.24, 2.45) is 11.8 Å². The second-order valence-electron chi connectivity index (χ2n) is 6.21. The fourth-order valence-electron chi connectivity index (χ4n) is 2.72. The molecule has 0 aliphatic heterocycles. The smallest absolute Gasteiger partial charge is 0.332 e.